The fourth-order valence-electron chi connectivity index (χ4n) is 2.99. The van der Waals surface area contributed by atoms with E-state index in [0.29, 0.717) is 5.56 Å². The Hall–Kier alpha value is -2.67. The molecule has 0 aliphatic heterocycles. The Morgan fingerprint density at radius 3 is 2.28 bits per heavy atom. The minimum Gasteiger partial charge on any atom is -0.383 e. The Balaban J connectivity index is 2.39. The monoisotopic (exact) mass is 418 g/mol. The van der Waals surface area contributed by atoms with Crippen LogP contribution in [-0.4, -0.2) is 26.6 Å². The molecular weight excluding hydrogens is 391 g/mol. The fourth-order valence-corrected chi connectivity index (χ4v) is 3.49. The highest BCUT2D eigenvalue weighted by atomic mass is 32.2. The molecule has 0 saturated heterocycles. The first-order valence-electron chi connectivity index (χ1n) is 9.25. The number of hydrogen-bond donors (Lipinski definition) is 2. The summed E-state index contributed by atoms with van der Waals surface area (Å²) < 4.78 is 39.1. The van der Waals surface area contributed by atoms with E-state index in [2.05, 4.69) is 5.32 Å². The highest BCUT2D eigenvalue weighted by Crippen LogP contribution is 2.31. The van der Waals surface area contributed by atoms with Gasteiger partial charge in [0, 0.05) is 22.9 Å². The topological polar surface area (TPSA) is 75.3 Å². The van der Waals surface area contributed by atoms with Gasteiger partial charge in [-0.05, 0) is 81.1 Å². The molecule has 0 radical (unpaired) electrons. The SMILES string of the molecule is C/C(=C\c1cc(C)c(-c2ccc(NC(C)C)cc2F)cc1C)C(=O)NS(C)(=O)=O. The van der Waals surface area contributed by atoms with Gasteiger partial charge in [-0.25, -0.2) is 17.5 Å². The third kappa shape index (κ3) is 6.15. The first kappa shape index (κ1) is 22.6. The fraction of sp³-hybridized carbons (Fsp3) is 0.318. The van der Waals surface area contributed by atoms with Gasteiger partial charge in [-0.15, -0.1) is 0 Å². The van der Waals surface area contributed by atoms with E-state index in [4.69, 9.17) is 0 Å². The van der Waals surface area contributed by atoms with Crippen molar-refractivity contribution in [2.75, 3.05) is 11.6 Å². The maximum Gasteiger partial charge on any atom is 0.260 e. The molecule has 0 aromatic heterocycles. The average Bonchev–Trinajstić information content (AvgIpc) is 2.56. The molecule has 2 rings (SSSR count). The van der Waals surface area contributed by atoms with Gasteiger partial charge >= 0.3 is 0 Å². The number of benzene rings is 2. The molecule has 5 nitrogen and oxygen atoms in total. The van der Waals surface area contributed by atoms with E-state index in [1.807, 2.05) is 50.6 Å². The van der Waals surface area contributed by atoms with Crippen molar-refractivity contribution in [1.29, 1.82) is 0 Å². The molecule has 0 atom stereocenters. The zero-order valence-electron chi connectivity index (χ0n) is 17.6. The van der Waals surface area contributed by atoms with Crippen molar-refractivity contribution in [3.05, 3.63) is 58.4 Å². The summed E-state index contributed by atoms with van der Waals surface area (Å²) in [5, 5.41) is 3.18. The number of nitrogens with one attached hydrogen (secondary N) is 2. The number of halogens is 1. The first-order valence-corrected chi connectivity index (χ1v) is 11.1. The van der Waals surface area contributed by atoms with Crippen molar-refractivity contribution < 1.29 is 17.6 Å². The molecule has 0 heterocycles. The van der Waals surface area contributed by atoms with Crippen LogP contribution in [0.1, 0.15) is 37.5 Å². The number of carbonyl (C=O) groups excluding carboxylic acids is 1. The van der Waals surface area contributed by atoms with Crippen LogP contribution in [0.25, 0.3) is 17.2 Å². The van der Waals surface area contributed by atoms with Gasteiger partial charge in [0.15, 0.2) is 0 Å². The normalized spacial score (nSPS) is 12.2. The summed E-state index contributed by atoms with van der Waals surface area (Å²) in [6.45, 7) is 9.26. The van der Waals surface area contributed by atoms with E-state index in [-0.39, 0.29) is 17.4 Å². The quantitative estimate of drug-likeness (QED) is 0.682. The molecule has 156 valence electrons. The van der Waals surface area contributed by atoms with Crippen LogP contribution in [0.15, 0.2) is 35.9 Å². The summed E-state index contributed by atoms with van der Waals surface area (Å²) in [6.07, 6.45) is 2.55. The number of anilines is 1. The van der Waals surface area contributed by atoms with Gasteiger partial charge in [-0.2, -0.15) is 0 Å². The molecule has 0 bridgehead atoms. The number of amides is 1. The molecule has 2 aromatic carbocycles. The van der Waals surface area contributed by atoms with Gasteiger partial charge < -0.3 is 5.32 Å². The molecular formula is C22H27FN2O3S. The summed E-state index contributed by atoms with van der Waals surface area (Å²) in [5.41, 5.74) is 4.73. The molecule has 0 fully saturated rings. The second-order valence-corrected chi connectivity index (χ2v) is 9.30. The van der Waals surface area contributed by atoms with Gasteiger partial charge in [0.1, 0.15) is 5.82 Å². The van der Waals surface area contributed by atoms with Gasteiger partial charge in [0.05, 0.1) is 6.26 Å². The van der Waals surface area contributed by atoms with Crippen LogP contribution in [0.4, 0.5) is 10.1 Å². The largest absolute Gasteiger partial charge is 0.383 e. The third-order valence-corrected chi connectivity index (χ3v) is 4.89. The zero-order chi connectivity index (χ0) is 21.9. The third-order valence-electron chi connectivity index (χ3n) is 4.34. The van der Waals surface area contributed by atoms with Gasteiger partial charge in [0.25, 0.3) is 5.91 Å². The highest BCUT2D eigenvalue weighted by Gasteiger charge is 2.13. The Bertz CT molecular complexity index is 1070. The van der Waals surface area contributed by atoms with Crippen molar-refractivity contribution in [3.63, 3.8) is 0 Å². The summed E-state index contributed by atoms with van der Waals surface area (Å²) in [6, 6.07) is 9.03. The molecule has 7 heteroatoms. The van der Waals surface area contributed by atoms with E-state index in [1.165, 1.54) is 6.07 Å². The smallest absolute Gasteiger partial charge is 0.260 e. The Labute approximate surface area is 172 Å². The molecule has 0 spiro atoms. The van der Waals surface area contributed by atoms with Crippen molar-refractivity contribution >= 4 is 27.7 Å². The summed E-state index contributed by atoms with van der Waals surface area (Å²) >= 11 is 0. The molecule has 0 aliphatic carbocycles. The molecule has 2 N–H and O–H groups in total. The molecule has 29 heavy (non-hydrogen) atoms. The maximum absolute atomic E-state index is 14.7. The van der Waals surface area contributed by atoms with Crippen molar-refractivity contribution in [3.8, 4) is 11.1 Å². The summed E-state index contributed by atoms with van der Waals surface area (Å²) in [5.74, 6) is -0.988. The standard InChI is InChI=1S/C22H27FN2O3S/c1-13(2)24-18-7-8-19(21(23)12-18)20-11-14(3)17(9-15(20)4)10-16(5)22(26)25-29(6,27)28/h7-13,24H,1-6H3,(H,25,26)/b16-10+. The second kappa shape index (κ2) is 8.78. The molecule has 2 aromatic rings. The van der Waals surface area contributed by atoms with Crippen LogP contribution in [0.2, 0.25) is 0 Å². The molecule has 0 unspecified atom stereocenters. The van der Waals surface area contributed by atoms with E-state index in [1.54, 1.807) is 19.1 Å². The van der Waals surface area contributed by atoms with Crippen LogP contribution in [0, 0.1) is 19.7 Å². The first-order chi connectivity index (χ1) is 13.4. The maximum atomic E-state index is 14.7. The number of carbonyl (C=O) groups is 1. The molecule has 1 amide bonds. The summed E-state index contributed by atoms with van der Waals surface area (Å²) in [4.78, 5) is 12.0. The molecule has 0 aliphatic rings. The van der Waals surface area contributed by atoms with Gasteiger partial charge in [-0.1, -0.05) is 12.1 Å². The predicted octanol–water partition coefficient (Wildman–Crippen LogP) is 4.41. The Morgan fingerprint density at radius 1 is 1.07 bits per heavy atom. The summed E-state index contributed by atoms with van der Waals surface area (Å²) in [7, 11) is -3.62. The lowest BCUT2D eigenvalue weighted by Gasteiger charge is -2.14. The minimum absolute atomic E-state index is 0.207. The number of hydrogen-bond acceptors (Lipinski definition) is 4. The second-order valence-electron chi connectivity index (χ2n) is 7.55. The van der Waals surface area contributed by atoms with E-state index >= 15 is 0 Å². The Morgan fingerprint density at radius 2 is 1.72 bits per heavy atom. The van der Waals surface area contributed by atoms with Crippen molar-refractivity contribution in [2.24, 2.45) is 0 Å². The number of sulfonamides is 1. The lowest BCUT2D eigenvalue weighted by molar-refractivity contribution is -0.115. The average molecular weight is 419 g/mol. The zero-order valence-corrected chi connectivity index (χ0v) is 18.4. The minimum atomic E-state index is -3.62. The lowest BCUT2D eigenvalue weighted by atomic mass is 9.93. The van der Waals surface area contributed by atoms with Gasteiger partial charge in [0.2, 0.25) is 10.0 Å². The van der Waals surface area contributed by atoms with E-state index in [0.717, 1.165) is 34.2 Å². The van der Waals surface area contributed by atoms with E-state index in [9.17, 15) is 17.6 Å². The van der Waals surface area contributed by atoms with E-state index < -0.39 is 15.9 Å². The highest BCUT2D eigenvalue weighted by molar-refractivity contribution is 7.89. The van der Waals surface area contributed by atoms with Crippen molar-refractivity contribution in [1.82, 2.24) is 4.72 Å². The van der Waals surface area contributed by atoms with Crippen LogP contribution < -0.4 is 10.0 Å². The van der Waals surface area contributed by atoms with Crippen molar-refractivity contribution in [2.45, 2.75) is 40.7 Å². The molecule has 0 saturated carbocycles. The van der Waals surface area contributed by atoms with Crippen LogP contribution in [-0.2, 0) is 14.8 Å². The van der Waals surface area contributed by atoms with Crippen LogP contribution in [0.3, 0.4) is 0 Å². The van der Waals surface area contributed by atoms with Crippen LogP contribution >= 0.6 is 0 Å². The predicted molar refractivity (Wildman–Crippen MR) is 117 cm³/mol. The number of rotatable bonds is 6. The lowest BCUT2D eigenvalue weighted by Crippen LogP contribution is -2.29. The number of aryl methyl sites for hydroxylation is 2. The Kier molecular flexibility index (Phi) is 6.85. The van der Waals surface area contributed by atoms with Gasteiger partial charge in [-0.3, -0.25) is 4.79 Å². The van der Waals surface area contributed by atoms with Crippen LogP contribution in [0.5, 0.6) is 0 Å².